The molecule has 1 N–H and O–H groups in total. The summed E-state index contributed by atoms with van der Waals surface area (Å²) in [5.74, 6) is 0.886. The number of nitrogens with one attached hydrogen (secondary N) is 1. The maximum Gasteiger partial charge on any atom is 0.119 e. The van der Waals surface area contributed by atoms with Gasteiger partial charge in [0.15, 0.2) is 0 Å². The monoisotopic (exact) mass is 365 g/mol. The first kappa shape index (κ1) is 16.4. The molecule has 2 nitrogen and oxygen atoms in total. The molecule has 21 heavy (non-hydrogen) atoms. The van der Waals surface area contributed by atoms with Crippen molar-refractivity contribution in [1.29, 1.82) is 0 Å². The molecular formula is C17H20BrNOS. The molecule has 0 aromatic heterocycles. The number of hydrogen-bond donors (Lipinski definition) is 1. The van der Waals surface area contributed by atoms with Crippen molar-refractivity contribution < 1.29 is 4.74 Å². The first-order chi connectivity index (χ1) is 10.1. The van der Waals surface area contributed by atoms with E-state index in [1.54, 1.807) is 18.9 Å². The van der Waals surface area contributed by atoms with Crippen LogP contribution in [0.5, 0.6) is 5.75 Å². The summed E-state index contributed by atoms with van der Waals surface area (Å²) in [5.41, 5.74) is 1.28. The molecule has 2 aromatic carbocycles. The van der Waals surface area contributed by atoms with Crippen LogP contribution in [-0.4, -0.2) is 13.7 Å². The van der Waals surface area contributed by atoms with Gasteiger partial charge in [0.2, 0.25) is 0 Å². The van der Waals surface area contributed by atoms with E-state index in [4.69, 9.17) is 4.74 Å². The van der Waals surface area contributed by atoms with Gasteiger partial charge in [-0.2, -0.15) is 0 Å². The highest BCUT2D eigenvalue weighted by Gasteiger charge is 2.09. The predicted molar refractivity (Wildman–Crippen MR) is 93.4 cm³/mol. The summed E-state index contributed by atoms with van der Waals surface area (Å²) >= 11 is 5.42. The summed E-state index contributed by atoms with van der Waals surface area (Å²) in [5, 5.41) is 3.43. The number of rotatable bonds is 6. The topological polar surface area (TPSA) is 21.3 Å². The maximum atomic E-state index is 5.26. The van der Waals surface area contributed by atoms with Crippen LogP contribution in [0, 0.1) is 0 Å². The molecule has 2 aromatic rings. The number of benzene rings is 2. The van der Waals surface area contributed by atoms with Crippen molar-refractivity contribution in [2.24, 2.45) is 0 Å². The second-order valence-corrected chi connectivity index (χ2v) is 6.74. The van der Waals surface area contributed by atoms with Gasteiger partial charge in [-0.1, -0.05) is 46.7 Å². The predicted octanol–water partition coefficient (Wildman–Crippen LogP) is 5.28. The molecule has 0 radical (unpaired) electrons. The van der Waals surface area contributed by atoms with Crippen molar-refractivity contribution >= 4 is 27.7 Å². The van der Waals surface area contributed by atoms with Gasteiger partial charge in [0.05, 0.1) is 7.11 Å². The van der Waals surface area contributed by atoms with E-state index in [9.17, 15) is 0 Å². The van der Waals surface area contributed by atoms with E-state index >= 15 is 0 Å². The van der Waals surface area contributed by atoms with Gasteiger partial charge < -0.3 is 10.1 Å². The molecule has 4 heteroatoms. The Kier molecular flexibility index (Phi) is 6.15. The van der Waals surface area contributed by atoms with Crippen molar-refractivity contribution in [3.05, 3.63) is 52.5 Å². The molecule has 1 atom stereocenters. The van der Waals surface area contributed by atoms with Crippen LogP contribution in [0.2, 0.25) is 0 Å². The molecule has 0 amide bonds. The van der Waals surface area contributed by atoms with Crippen LogP contribution in [0.4, 0.5) is 0 Å². The lowest BCUT2D eigenvalue weighted by Gasteiger charge is -2.15. The van der Waals surface area contributed by atoms with E-state index in [-0.39, 0.29) is 0 Å². The SMILES string of the molecule is CCNC(C)c1ccc(Sc2cccc(OC)c2)cc1Br. The van der Waals surface area contributed by atoms with Crippen LogP contribution in [-0.2, 0) is 0 Å². The first-order valence-electron chi connectivity index (χ1n) is 6.98. The number of hydrogen-bond acceptors (Lipinski definition) is 3. The normalized spacial score (nSPS) is 12.2. The number of methoxy groups -OCH3 is 1. The van der Waals surface area contributed by atoms with Crippen molar-refractivity contribution in [3.8, 4) is 5.75 Å². The van der Waals surface area contributed by atoms with Crippen LogP contribution in [0.1, 0.15) is 25.5 Å². The molecule has 2 rings (SSSR count). The van der Waals surface area contributed by atoms with E-state index in [1.165, 1.54) is 15.4 Å². The van der Waals surface area contributed by atoms with Gasteiger partial charge in [0, 0.05) is 20.3 Å². The minimum atomic E-state index is 0.347. The van der Waals surface area contributed by atoms with Gasteiger partial charge in [0.25, 0.3) is 0 Å². The minimum Gasteiger partial charge on any atom is -0.497 e. The quantitative estimate of drug-likeness (QED) is 0.752. The molecule has 0 spiro atoms. The zero-order chi connectivity index (χ0) is 15.2. The third-order valence-corrected chi connectivity index (χ3v) is 4.89. The lowest BCUT2D eigenvalue weighted by atomic mass is 10.1. The van der Waals surface area contributed by atoms with Crippen LogP contribution in [0.15, 0.2) is 56.7 Å². The van der Waals surface area contributed by atoms with Gasteiger partial charge in [-0.25, -0.2) is 0 Å². The summed E-state index contributed by atoms with van der Waals surface area (Å²) in [6.45, 7) is 5.27. The molecule has 0 bridgehead atoms. The summed E-state index contributed by atoms with van der Waals surface area (Å²) in [7, 11) is 1.69. The molecule has 0 aliphatic heterocycles. The molecule has 112 valence electrons. The molecule has 1 unspecified atom stereocenters. The fourth-order valence-electron chi connectivity index (χ4n) is 2.14. The Labute approximate surface area is 139 Å². The van der Waals surface area contributed by atoms with Gasteiger partial charge in [-0.3, -0.25) is 0 Å². The third-order valence-electron chi connectivity index (χ3n) is 3.23. The fraction of sp³-hybridized carbons (Fsp3) is 0.294. The second kappa shape index (κ2) is 7.87. The highest BCUT2D eigenvalue weighted by atomic mass is 79.9. The highest BCUT2D eigenvalue weighted by Crippen LogP contribution is 2.34. The number of ether oxygens (including phenoxy) is 1. The Morgan fingerprint density at radius 2 is 1.95 bits per heavy atom. The summed E-state index contributed by atoms with van der Waals surface area (Å²) in [6, 6.07) is 15.0. The number of halogens is 1. The molecule has 0 fully saturated rings. The average molecular weight is 366 g/mol. The maximum absolute atomic E-state index is 5.26. The Balaban J connectivity index is 2.16. The standard InChI is InChI=1S/C17H20BrNOS/c1-4-19-12(2)16-9-8-15(11-17(16)18)21-14-7-5-6-13(10-14)20-3/h5-12,19H,4H2,1-3H3. The molecular weight excluding hydrogens is 346 g/mol. The fourth-order valence-corrected chi connectivity index (χ4v) is 3.92. The van der Waals surface area contributed by atoms with E-state index in [0.29, 0.717) is 6.04 Å². The van der Waals surface area contributed by atoms with E-state index in [0.717, 1.165) is 16.8 Å². The third kappa shape index (κ3) is 4.50. The summed E-state index contributed by atoms with van der Waals surface area (Å²) in [6.07, 6.45) is 0. The van der Waals surface area contributed by atoms with Crippen molar-refractivity contribution in [3.63, 3.8) is 0 Å². The Morgan fingerprint density at radius 1 is 1.19 bits per heavy atom. The van der Waals surface area contributed by atoms with Crippen LogP contribution in [0.3, 0.4) is 0 Å². The highest BCUT2D eigenvalue weighted by molar-refractivity contribution is 9.10. The Bertz CT molecular complexity index is 603. The smallest absolute Gasteiger partial charge is 0.119 e. The van der Waals surface area contributed by atoms with Crippen LogP contribution < -0.4 is 10.1 Å². The zero-order valence-corrected chi connectivity index (χ0v) is 14.9. The molecule has 0 saturated carbocycles. The van der Waals surface area contributed by atoms with Crippen molar-refractivity contribution in [1.82, 2.24) is 5.32 Å². The van der Waals surface area contributed by atoms with Gasteiger partial charge in [-0.05, 0) is 49.4 Å². The van der Waals surface area contributed by atoms with E-state index in [2.05, 4.69) is 59.4 Å². The van der Waals surface area contributed by atoms with Gasteiger partial charge >= 0.3 is 0 Å². The minimum absolute atomic E-state index is 0.347. The van der Waals surface area contributed by atoms with Gasteiger partial charge in [0.1, 0.15) is 5.75 Å². The molecule has 0 aliphatic carbocycles. The lowest BCUT2D eigenvalue weighted by Crippen LogP contribution is -2.17. The summed E-state index contributed by atoms with van der Waals surface area (Å²) < 4.78 is 6.41. The second-order valence-electron chi connectivity index (χ2n) is 4.74. The summed E-state index contributed by atoms with van der Waals surface area (Å²) in [4.78, 5) is 2.39. The van der Waals surface area contributed by atoms with E-state index in [1.807, 2.05) is 18.2 Å². The largest absolute Gasteiger partial charge is 0.497 e. The van der Waals surface area contributed by atoms with Crippen molar-refractivity contribution in [2.75, 3.05) is 13.7 Å². The van der Waals surface area contributed by atoms with Crippen molar-refractivity contribution in [2.45, 2.75) is 29.7 Å². The Morgan fingerprint density at radius 3 is 2.62 bits per heavy atom. The van der Waals surface area contributed by atoms with E-state index < -0.39 is 0 Å². The van der Waals surface area contributed by atoms with Gasteiger partial charge in [-0.15, -0.1) is 0 Å². The Hall–Kier alpha value is -0.970. The molecule has 0 saturated heterocycles. The zero-order valence-electron chi connectivity index (χ0n) is 12.5. The average Bonchev–Trinajstić information content (AvgIpc) is 2.47. The first-order valence-corrected chi connectivity index (χ1v) is 8.59. The van der Waals surface area contributed by atoms with Crippen LogP contribution >= 0.6 is 27.7 Å². The molecule has 0 heterocycles. The van der Waals surface area contributed by atoms with Crippen LogP contribution in [0.25, 0.3) is 0 Å². The molecule has 0 aliphatic rings. The lowest BCUT2D eigenvalue weighted by molar-refractivity contribution is 0.413.